The van der Waals surface area contributed by atoms with E-state index in [1.165, 1.54) is 69.2 Å². The molecule has 0 aliphatic heterocycles. The summed E-state index contributed by atoms with van der Waals surface area (Å²) >= 11 is 0. The Morgan fingerprint density at radius 3 is 1.48 bits per heavy atom. The molecule has 10 nitrogen and oxygen atoms in total. The van der Waals surface area contributed by atoms with Gasteiger partial charge in [0.2, 0.25) is 0 Å². The molecule has 0 N–H and O–H groups in total. The van der Waals surface area contributed by atoms with Gasteiger partial charge in [-0.3, -0.25) is 19.7 Å². The zero-order valence-corrected chi connectivity index (χ0v) is 34.5. The minimum absolute atomic E-state index is 0.0549. The normalized spacial score (nSPS) is 12.2. The quantitative estimate of drug-likeness (QED) is 0.0126. The Labute approximate surface area is 337 Å². The molecule has 1 rings (SSSR count). The van der Waals surface area contributed by atoms with E-state index in [0.717, 1.165) is 83.5 Å². The lowest BCUT2D eigenvalue weighted by atomic mass is 10.1. The Balaban J connectivity index is 2.37. The first-order chi connectivity index (χ1) is 27.3. The maximum absolute atomic E-state index is 12.7. The van der Waals surface area contributed by atoms with E-state index in [4.69, 9.17) is 18.9 Å². The highest BCUT2D eigenvalue weighted by Crippen LogP contribution is 2.18. The summed E-state index contributed by atoms with van der Waals surface area (Å²) in [5.41, 5.74) is -0.150. The Kier molecular flexibility index (Phi) is 32.4. The van der Waals surface area contributed by atoms with E-state index in [-0.39, 0.29) is 37.5 Å². The number of unbranched alkanes of at least 4 members (excludes halogenated alkanes) is 16. The van der Waals surface area contributed by atoms with Crippen molar-refractivity contribution in [3.05, 3.63) is 83.0 Å². The van der Waals surface area contributed by atoms with Crippen molar-refractivity contribution < 1.29 is 38.3 Å². The summed E-state index contributed by atoms with van der Waals surface area (Å²) in [7, 11) is 0. The first-order valence-electron chi connectivity index (χ1n) is 21.4. The average molecular weight is 782 g/mol. The number of carbonyl (C=O) groups excluding carboxylic acids is 3. The zero-order valence-electron chi connectivity index (χ0n) is 34.5. The zero-order chi connectivity index (χ0) is 40.7. The molecule has 0 aliphatic carbocycles. The number of benzene rings is 1. The number of carbonyl (C=O) groups is 3. The number of nitro benzene ring substituents is 1. The topological polar surface area (TPSA) is 131 Å². The second-order valence-electron chi connectivity index (χ2n) is 14.2. The average Bonchev–Trinajstić information content (AvgIpc) is 3.19. The molecule has 0 amide bonds. The third-order valence-corrected chi connectivity index (χ3v) is 9.03. The van der Waals surface area contributed by atoms with Crippen molar-refractivity contribution in [3.63, 3.8) is 0 Å². The number of nitro groups is 1. The highest BCUT2D eigenvalue weighted by molar-refractivity contribution is 5.70. The first-order valence-corrected chi connectivity index (χ1v) is 21.4. The standard InChI is InChI=1S/C46H71NO9/c1-3-5-7-9-11-13-15-17-19-21-23-25-27-29-31-33-44(48)53-39-43(40-54-46(50)56-42-37-35-41(36-38-42)47(51)52)55-45(49)34-32-30-28-26-24-22-20-18-16-14-12-10-8-6-4-2/h11-14,17-20,35-38,43H,3-10,15-16,21-34,39-40H2,1-2H3/b13-11-,14-12-,19-17-,20-18-. The molecule has 0 bridgehead atoms. The smallest absolute Gasteiger partial charge is 0.462 e. The van der Waals surface area contributed by atoms with E-state index in [1.807, 2.05) is 0 Å². The molecule has 0 saturated heterocycles. The van der Waals surface area contributed by atoms with Crippen LogP contribution in [-0.2, 0) is 23.8 Å². The second-order valence-corrected chi connectivity index (χ2v) is 14.2. The number of nitrogens with zero attached hydrogens (tertiary/aromatic N) is 1. The lowest BCUT2D eigenvalue weighted by Gasteiger charge is -2.18. The fraction of sp³-hybridized carbons (Fsp3) is 0.630. The molecule has 56 heavy (non-hydrogen) atoms. The molecule has 1 atom stereocenters. The van der Waals surface area contributed by atoms with E-state index in [2.05, 4.69) is 62.5 Å². The number of hydrogen-bond donors (Lipinski definition) is 0. The number of ether oxygens (including phenoxy) is 4. The molecule has 0 aliphatic rings. The molecule has 0 radical (unpaired) electrons. The monoisotopic (exact) mass is 782 g/mol. The summed E-state index contributed by atoms with van der Waals surface area (Å²) in [4.78, 5) is 47.8. The maximum atomic E-state index is 12.7. The fourth-order valence-corrected chi connectivity index (χ4v) is 5.70. The van der Waals surface area contributed by atoms with Crippen LogP contribution < -0.4 is 4.74 Å². The SMILES string of the molecule is CCCCC/C=C\C/C=C\CCCCCCCC(=O)OCC(COC(=O)Oc1ccc([N+](=O)[O-])cc1)OC(=O)CCCCCCC/C=C\C/C=C\CCCCC. The predicted octanol–water partition coefficient (Wildman–Crippen LogP) is 13.2. The largest absolute Gasteiger partial charge is 0.513 e. The summed E-state index contributed by atoms with van der Waals surface area (Å²) in [5, 5.41) is 10.9. The van der Waals surface area contributed by atoms with Crippen LogP contribution in [0.2, 0.25) is 0 Å². The lowest BCUT2D eigenvalue weighted by molar-refractivity contribution is -0.384. The number of hydrogen-bond acceptors (Lipinski definition) is 9. The highest BCUT2D eigenvalue weighted by atomic mass is 16.7. The molecule has 0 heterocycles. The van der Waals surface area contributed by atoms with E-state index in [9.17, 15) is 24.5 Å². The van der Waals surface area contributed by atoms with Gasteiger partial charge in [-0.1, -0.05) is 127 Å². The van der Waals surface area contributed by atoms with Crippen molar-refractivity contribution in [3.8, 4) is 5.75 Å². The third kappa shape index (κ3) is 31.0. The minimum Gasteiger partial charge on any atom is -0.462 e. The van der Waals surface area contributed by atoms with Gasteiger partial charge in [0.15, 0.2) is 6.10 Å². The van der Waals surface area contributed by atoms with Crippen LogP contribution in [0, 0.1) is 10.1 Å². The van der Waals surface area contributed by atoms with Gasteiger partial charge < -0.3 is 18.9 Å². The van der Waals surface area contributed by atoms with E-state index in [0.29, 0.717) is 12.8 Å². The van der Waals surface area contributed by atoms with Crippen LogP contribution in [0.1, 0.15) is 168 Å². The second kappa shape index (κ2) is 36.4. The van der Waals surface area contributed by atoms with Crippen molar-refractivity contribution >= 4 is 23.8 Å². The predicted molar refractivity (Wildman–Crippen MR) is 225 cm³/mol. The number of non-ortho nitro benzene ring substituents is 1. The first kappa shape index (κ1) is 49.8. The van der Waals surface area contributed by atoms with Crippen molar-refractivity contribution in [2.24, 2.45) is 0 Å². The summed E-state index contributed by atoms with van der Waals surface area (Å²) in [6.07, 6.45) is 40.0. The van der Waals surface area contributed by atoms with Gasteiger partial charge in [0.25, 0.3) is 5.69 Å². The van der Waals surface area contributed by atoms with Gasteiger partial charge in [0.05, 0.1) is 4.92 Å². The lowest BCUT2D eigenvalue weighted by Crippen LogP contribution is -2.31. The van der Waals surface area contributed by atoms with Gasteiger partial charge in [-0.05, 0) is 89.2 Å². The molecule has 10 heteroatoms. The summed E-state index contributed by atoms with van der Waals surface area (Å²) in [6, 6.07) is 4.95. The molecular weight excluding hydrogens is 711 g/mol. The number of allylic oxidation sites excluding steroid dienone is 8. The number of esters is 2. The molecule has 0 aromatic heterocycles. The van der Waals surface area contributed by atoms with Crippen molar-refractivity contribution in [1.82, 2.24) is 0 Å². The van der Waals surface area contributed by atoms with E-state index >= 15 is 0 Å². The molecule has 0 saturated carbocycles. The highest BCUT2D eigenvalue weighted by Gasteiger charge is 2.20. The van der Waals surface area contributed by atoms with E-state index < -0.39 is 29.1 Å². The maximum Gasteiger partial charge on any atom is 0.513 e. The number of rotatable bonds is 35. The molecule has 0 fully saturated rings. The third-order valence-electron chi connectivity index (χ3n) is 9.03. The van der Waals surface area contributed by atoms with Crippen LogP contribution in [0.15, 0.2) is 72.9 Å². The minimum atomic E-state index is -1.08. The molecule has 314 valence electrons. The van der Waals surface area contributed by atoms with Gasteiger partial charge in [-0.15, -0.1) is 0 Å². The Morgan fingerprint density at radius 2 is 1.00 bits per heavy atom. The van der Waals surface area contributed by atoms with E-state index in [1.54, 1.807) is 0 Å². The molecule has 0 spiro atoms. The Bertz CT molecular complexity index is 1290. The summed E-state index contributed by atoms with van der Waals surface area (Å²) < 4.78 is 21.2. The fourth-order valence-electron chi connectivity index (χ4n) is 5.70. The van der Waals surface area contributed by atoms with Crippen LogP contribution in [0.3, 0.4) is 0 Å². The molecule has 1 unspecified atom stereocenters. The van der Waals surface area contributed by atoms with Crippen molar-refractivity contribution in [2.45, 2.75) is 174 Å². The van der Waals surface area contributed by atoms with Gasteiger partial charge in [-0.2, -0.15) is 0 Å². The van der Waals surface area contributed by atoms with Gasteiger partial charge in [0.1, 0.15) is 19.0 Å². The van der Waals surface area contributed by atoms with Gasteiger partial charge in [0, 0.05) is 25.0 Å². The van der Waals surface area contributed by atoms with Crippen molar-refractivity contribution in [2.75, 3.05) is 13.2 Å². The van der Waals surface area contributed by atoms with Crippen LogP contribution in [0.4, 0.5) is 10.5 Å². The van der Waals surface area contributed by atoms with Crippen LogP contribution in [0.25, 0.3) is 0 Å². The van der Waals surface area contributed by atoms with Gasteiger partial charge in [-0.25, -0.2) is 4.79 Å². The summed E-state index contributed by atoms with van der Waals surface area (Å²) in [5.74, 6) is -0.809. The van der Waals surface area contributed by atoms with Crippen LogP contribution >= 0.6 is 0 Å². The molecular formula is C46H71NO9. The van der Waals surface area contributed by atoms with Crippen LogP contribution in [-0.4, -0.2) is 42.3 Å². The molecule has 1 aromatic carbocycles. The van der Waals surface area contributed by atoms with Gasteiger partial charge >= 0.3 is 18.1 Å². The molecule has 1 aromatic rings. The van der Waals surface area contributed by atoms with Crippen molar-refractivity contribution in [1.29, 1.82) is 0 Å². The Morgan fingerprint density at radius 1 is 0.571 bits per heavy atom. The van der Waals surface area contributed by atoms with Crippen LogP contribution in [0.5, 0.6) is 5.75 Å². The Hall–Kier alpha value is -4.21. The summed E-state index contributed by atoms with van der Waals surface area (Å²) in [6.45, 7) is 3.81.